The molecule has 0 aromatic heterocycles. The van der Waals surface area contributed by atoms with E-state index in [0.717, 1.165) is 55.8 Å². The molecule has 0 aliphatic carbocycles. The fraction of sp³-hybridized carbons (Fsp3) is 0.379. The number of halogens is 3. The number of hydrogen-bond donors (Lipinski definition) is 1. The number of rotatable bonds is 11. The number of aliphatic hydroxyl groups is 1. The Labute approximate surface area is 210 Å². The molecule has 4 rings (SSSR count). The SMILES string of the molecule is OCCCN1CCN(C(CCOC(c2ccc(F)cc2)c2ccc(F)cc2)c2ccc(F)cc2)CC1. The fourth-order valence-corrected chi connectivity index (χ4v) is 4.80. The summed E-state index contributed by atoms with van der Waals surface area (Å²) in [5, 5.41) is 9.12. The standard InChI is InChI=1S/C29H33F3N2O2/c30-25-8-2-22(3-9-25)28(34-18-16-33(17-19-34)15-1-20-35)14-21-36-29(23-4-10-26(31)11-5-23)24-6-12-27(32)13-7-24/h2-13,28-29,35H,1,14-21H2. The Bertz CT molecular complexity index is 1010. The third-order valence-electron chi connectivity index (χ3n) is 6.76. The van der Waals surface area contributed by atoms with Gasteiger partial charge in [-0.25, -0.2) is 13.2 Å². The van der Waals surface area contributed by atoms with Gasteiger partial charge in [-0.2, -0.15) is 0 Å². The summed E-state index contributed by atoms with van der Waals surface area (Å²) < 4.78 is 47.1. The van der Waals surface area contributed by atoms with Crippen LogP contribution >= 0.6 is 0 Å². The summed E-state index contributed by atoms with van der Waals surface area (Å²) in [6, 6.07) is 19.0. The molecule has 1 aliphatic heterocycles. The second-order valence-electron chi connectivity index (χ2n) is 9.16. The summed E-state index contributed by atoms with van der Waals surface area (Å²) in [4.78, 5) is 4.75. The number of ether oxygens (including phenoxy) is 1. The fourth-order valence-electron chi connectivity index (χ4n) is 4.80. The maximum atomic E-state index is 13.6. The van der Waals surface area contributed by atoms with E-state index >= 15 is 0 Å². The molecule has 0 bridgehead atoms. The first-order valence-electron chi connectivity index (χ1n) is 12.5. The molecule has 0 spiro atoms. The average molecular weight is 499 g/mol. The lowest BCUT2D eigenvalue weighted by Gasteiger charge is -2.39. The van der Waals surface area contributed by atoms with Crippen LogP contribution in [0, 0.1) is 17.5 Å². The molecule has 0 amide bonds. The van der Waals surface area contributed by atoms with Gasteiger partial charge >= 0.3 is 0 Å². The average Bonchev–Trinajstić information content (AvgIpc) is 2.90. The Balaban J connectivity index is 1.47. The van der Waals surface area contributed by atoms with Crippen molar-refractivity contribution in [2.45, 2.75) is 25.0 Å². The molecule has 1 heterocycles. The molecule has 1 fully saturated rings. The Morgan fingerprint density at radius 3 is 1.64 bits per heavy atom. The van der Waals surface area contributed by atoms with Crippen molar-refractivity contribution in [1.29, 1.82) is 0 Å². The van der Waals surface area contributed by atoms with Crippen LogP contribution in [0.2, 0.25) is 0 Å². The summed E-state index contributed by atoms with van der Waals surface area (Å²) in [7, 11) is 0. The molecule has 1 atom stereocenters. The monoisotopic (exact) mass is 498 g/mol. The van der Waals surface area contributed by atoms with Crippen LogP contribution in [0.4, 0.5) is 13.2 Å². The molecule has 4 nitrogen and oxygen atoms in total. The number of hydrogen-bond acceptors (Lipinski definition) is 4. The van der Waals surface area contributed by atoms with Gasteiger partial charge in [-0.3, -0.25) is 4.90 Å². The molecule has 1 unspecified atom stereocenters. The Morgan fingerprint density at radius 2 is 1.17 bits per heavy atom. The maximum absolute atomic E-state index is 13.6. The predicted molar refractivity (Wildman–Crippen MR) is 134 cm³/mol. The van der Waals surface area contributed by atoms with E-state index in [4.69, 9.17) is 9.84 Å². The minimum absolute atomic E-state index is 0.0488. The summed E-state index contributed by atoms with van der Waals surface area (Å²) in [6.07, 6.45) is 0.986. The second-order valence-corrected chi connectivity index (χ2v) is 9.16. The zero-order valence-corrected chi connectivity index (χ0v) is 20.3. The van der Waals surface area contributed by atoms with Crippen LogP contribution in [0.1, 0.15) is 41.7 Å². The second kappa shape index (κ2) is 13.0. The van der Waals surface area contributed by atoms with Crippen molar-refractivity contribution in [2.75, 3.05) is 45.9 Å². The van der Waals surface area contributed by atoms with Crippen molar-refractivity contribution >= 4 is 0 Å². The summed E-state index contributed by atoms with van der Waals surface area (Å²) in [6.45, 7) is 5.04. The lowest BCUT2D eigenvalue weighted by atomic mass is 10.00. The van der Waals surface area contributed by atoms with Crippen LogP contribution in [-0.4, -0.2) is 60.8 Å². The van der Waals surface area contributed by atoms with Crippen LogP contribution in [0.3, 0.4) is 0 Å². The van der Waals surface area contributed by atoms with Gasteiger partial charge in [0, 0.05) is 52.0 Å². The molecule has 1 saturated heterocycles. The largest absolute Gasteiger partial charge is 0.396 e. The number of piperazine rings is 1. The van der Waals surface area contributed by atoms with Gasteiger partial charge in [0.1, 0.15) is 23.6 Å². The van der Waals surface area contributed by atoms with Crippen molar-refractivity contribution in [2.24, 2.45) is 0 Å². The zero-order valence-electron chi connectivity index (χ0n) is 20.3. The van der Waals surface area contributed by atoms with E-state index in [0.29, 0.717) is 13.0 Å². The molecule has 1 N–H and O–H groups in total. The quantitative estimate of drug-likeness (QED) is 0.387. The minimum atomic E-state index is -0.463. The Morgan fingerprint density at radius 1 is 0.694 bits per heavy atom. The third kappa shape index (κ3) is 7.17. The minimum Gasteiger partial charge on any atom is -0.396 e. The van der Waals surface area contributed by atoms with E-state index in [1.807, 2.05) is 12.1 Å². The van der Waals surface area contributed by atoms with Gasteiger partial charge in [-0.1, -0.05) is 36.4 Å². The van der Waals surface area contributed by atoms with Gasteiger partial charge in [-0.15, -0.1) is 0 Å². The highest BCUT2D eigenvalue weighted by Crippen LogP contribution is 2.30. The van der Waals surface area contributed by atoms with Gasteiger partial charge in [0.15, 0.2) is 0 Å². The topological polar surface area (TPSA) is 35.9 Å². The van der Waals surface area contributed by atoms with E-state index in [1.54, 1.807) is 24.3 Å². The smallest absolute Gasteiger partial charge is 0.123 e. The number of benzene rings is 3. The normalized spacial score (nSPS) is 15.9. The molecule has 3 aromatic rings. The Hall–Kier alpha value is -2.71. The number of nitrogens with zero attached hydrogens (tertiary/aromatic N) is 2. The number of aliphatic hydroxyl groups excluding tert-OH is 1. The molecule has 192 valence electrons. The summed E-state index contributed by atoms with van der Waals surface area (Å²) >= 11 is 0. The molecule has 7 heteroatoms. The molecule has 3 aromatic carbocycles. The van der Waals surface area contributed by atoms with Crippen LogP contribution in [0.25, 0.3) is 0 Å². The lowest BCUT2D eigenvalue weighted by Crippen LogP contribution is -2.48. The van der Waals surface area contributed by atoms with Crippen LogP contribution in [0.15, 0.2) is 72.8 Å². The van der Waals surface area contributed by atoms with Gasteiger partial charge < -0.3 is 14.7 Å². The van der Waals surface area contributed by atoms with Crippen molar-refractivity contribution in [3.05, 3.63) is 107 Å². The highest BCUT2D eigenvalue weighted by Gasteiger charge is 2.26. The van der Waals surface area contributed by atoms with Gasteiger partial charge in [0.05, 0.1) is 0 Å². The van der Waals surface area contributed by atoms with Crippen molar-refractivity contribution in [1.82, 2.24) is 9.80 Å². The molecule has 0 saturated carbocycles. The third-order valence-corrected chi connectivity index (χ3v) is 6.76. The predicted octanol–water partition coefficient (Wildman–Crippen LogP) is 5.34. The first kappa shape index (κ1) is 26.4. The lowest BCUT2D eigenvalue weighted by molar-refractivity contribution is 0.0409. The van der Waals surface area contributed by atoms with Crippen LogP contribution < -0.4 is 0 Å². The highest BCUT2D eigenvalue weighted by molar-refractivity contribution is 5.30. The summed E-state index contributed by atoms with van der Waals surface area (Å²) in [5.41, 5.74) is 2.61. The van der Waals surface area contributed by atoms with Gasteiger partial charge in [0.25, 0.3) is 0 Å². The first-order chi connectivity index (χ1) is 17.5. The highest BCUT2D eigenvalue weighted by atomic mass is 19.1. The van der Waals surface area contributed by atoms with Crippen molar-refractivity contribution in [3.8, 4) is 0 Å². The van der Waals surface area contributed by atoms with Gasteiger partial charge in [-0.05, 0) is 65.9 Å². The molecule has 36 heavy (non-hydrogen) atoms. The van der Waals surface area contributed by atoms with Crippen LogP contribution in [0.5, 0.6) is 0 Å². The van der Waals surface area contributed by atoms with Crippen molar-refractivity contribution in [3.63, 3.8) is 0 Å². The molecule has 1 aliphatic rings. The molecular formula is C29H33F3N2O2. The van der Waals surface area contributed by atoms with E-state index in [2.05, 4.69) is 9.80 Å². The van der Waals surface area contributed by atoms with E-state index < -0.39 is 6.10 Å². The van der Waals surface area contributed by atoms with Crippen LogP contribution in [-0.2, 0) is 4.74 Å². The zero-order chi connectivity index (χ0) is 25.3. The van der Waals surface area contributed by atoms with Crippen molar-refractivity contribution < 1.29 is 23.0 Å². The van der Waals surface area contributed by atoms with E-state index in [-0.39, 0.29) is 30.1 Å². The van der Waals surface area contributed by atoms with E-state index in [9.17, 15) is 13.2 Å². The summed E-state index contributed by atoms with van der Waals surface area (Å²) in [5.74, 6) is -0.924. The maximum Gasteiger partial charge on any atom is 0.123 e. The van der Waals surface area contributed by atoms with E-state index in [1.165, 1.54) is 36.4 Å². The molecule has 0 radical (unpaired) electrons. The molecular weight excluding hydrogens is 465 g/mol. The first-order valence-corrected chi connectivity index (χ1v) is 12.5. The Kier molecular flexibility index (Phi) is 9.53. The van der Waals surface area contributed by atoms with Gasteiger partial charge in [0.2, 0.25) is 0 Å².